The predicted molar refractivity (Wildman–Crippen MR) is 119 cm³/mol. The van der Waals surface area contributed by atoms with Crippen molar-refractivity contribution in [3.05, 3.63) is 48.0 Å². The number of benzene rings is 2. The molecular formula is C22H27N3O6S. The molecule has 0 saturated carbocycles. The zero-order valence-electron chi connectivity index (χ0n) is 18.0. The third-order valence-corrected chi connectivity index (χ3v) is 6.78. The lowest BCUT2D eigenvalue weighted by atomic mass is 9.96. The lowest BCUT2D eigenvalue weighted by molar-refractivity contribution is -0.136. The van der Waals surface area contributed by atoms with Crippen LogP contribution in [-0.4, -0.2) is 51.9 Å². The lowest BCUT2D eigenvalue weighted by Crippen LogP contribution is -2.43. The number of sulfonamides is 1. The summed E-state index contributed by atoms with van der Waals surface area (Å²) in [5, 5.41) is 0. The number of nitrogens with two attached hydrogens (primary N) is 1. The number of aryl methyl sites for hydroxylation is 1. The standard InChI is InChI=1S/C22H27N3O6S/c1-15-13-19(32(28,29)24-17-3-5-18(30-2)6-4-17)7-8-20(15)31-14-21(26)25-11-9-16(10-12-25)22(23)27/h3-8,13,16,24H,9-12,14H2,1-2H3,(H2,23,27). The number of carbonyl (C=O) groups excluding carboxylic acids is 2. The Labute approximate surface area is 187 Å². The van der Waals surface area contributed by atoms with Crippen LogP contribution in [0.25, 0.3) is 0 Å². The van der Waals surface area contributed by atoms with E-state index in [1.165, 1.54) is 25.3 Å². The fourth-order valence-electron chi connectivity index (χ4n) is 3.47. The van der Waals surface area contributed by atoms with Gasteiger partial charge < -0.3 is 20.1 Å². The van der Waals surface area contributed by atoms with Gasteiger partial charge in [-0.15, -0.1) is 0 Å². The molecule has 172 valence electrons. The second-order valence-corrected chi connectivity index (χ2v) is 9.29. The highest BCUT2D eigenvalue weighted by molar-refractivity contribution is 7.92. The van der Waals surface area contributed by atoms with Crippen molar-refractivity contribution < 1.29 is 27.5 Å². The molecule has 1 aliphatic rings. The highest BCUT2D eigenvalue weighted by Crippen LogP contribution is 2.25. The number of piperidine rings is 1. The summed E-state index contributed by atoms with van der Waals surface area (Å²) in [5.74, 6) is 0.333. The molecule has 2 aromatic rings. The topological polar surface area (TPSA) is 128 Å². The number of hydrogen-bond acceptors (Lipinski definition) is 6. The van der Waals surface area contributed by atoms with Gasteiger partial charge in [0.05, 0.1) is 12.0 Å². The summed E-state index contributed by atoms with van der Waals surface area (Å²) in [6.45, 7) is 2.47. The maximum atomic E-state index is 12.7. The van der Waals surface area contributed by atoms with Crippen molar-refractivity contribution >= 4 is 27.5 Å². The molecule has 3 N–H and O–H groups in total. The van der Waals surface area contributed by atoms with Gasteiger partial charge >= 0.3 is 0 Å². The van der Waals surface area contributed by atoms with Crippen molar-refractivity contribution in [3.8, 4) is 11.5 Å². The third-order valence-electron chi connectivity index (χ3n) is 5.40. The Bertz CT molecular complexity index is 1080. The highest BCUT2D eigenvalue weighted by atomic mass is 32.2. The summed E-state index contributed by atoms with van der Waals surface area (Å²) in [6.07, 6.45) is 1.10. The van der Waals surface area contributed by atoms with Crippen LogP contribution < -0.4 is 19.9 Å². The Balaban J connectivity index is 1.59. The average molecular weight is 462 g/mol. The first-order valence-electron chi connectivity index (χ1n) is 10.2. The van der Waals surface area contributed by atoms with Crippen molar-refractivity contribution in [3.63, 3.8) is 0 Å². The first kappa shape index (κ1) is 23.4. The van der Waals surface area contributed by atoms with E-state index >= 15 is 0 Å². The van der Waals surface area contributed by atoms with E-state index in [9.17, 15) is 18.0 Å². The first-order chi connectivity index (χ1) is 15.2. The van der Waals surface area contributed by atoms with Gasteiger partial charge in [0.1, 0.15) is 11.5 Å². The van der Waals surface area contributed by atoms with Crippen molar-refractivity contribution in [1.82, 2.24) is 4.90 Å². The van der Waals surface area contributed by atoms with Gasteiger partial charge in [0, 0.05) is 24.7 Å². The van der Waals surface area contributed by atoms with Crippen molar-refractivity contribution in [1.29, 1.82) is 0 Å². The monoisotopic (exact) mass is 461 g/mol. The molecule has 32 heavy (non-hydrogen) atoms. The van der Waals surface area contributed by atoms with E-state index in [1.54, 1.807) is 36.1 Å². The van der Waals surface area contributed by atoms with E-state index in [4.69, 9.17) is 15.2 Å². The summed E-state index contributed by atoms with van der Waals surface area (Å²) >= 11 is 0. The Morgan fingerprint density at radius 3 is 2.34 bits per heavy atom. The van der Waals surface area contributed by atoms with E-state index in [2.05, 4.69) is 4.72 Å². The maximum absolute atomic E-state index is 12.7. The van der Waals surface area contributed by atoms with Crippen molar-refractivity contribution in [2.24, 2.45) is 11.7 Å². The molecule has 10 heteroatoms. The zero-order valence-corrected chi connectivity index (χ0v) is 18.9. The number of carbonyl (C=O) groups is 2. The molecular weight excluding hydrogens is 434 g/mol. The number of likely N-dealkylation sites (tertiary alicyclic amines) is 1. The van der Waals surface area contributed by atoms with Gasteiger partial charge in [-0.3, -0.25) is 14.3 Å². The van der Waals surface area contributed by atoms with Gasteiger partial charge in [-0.25, -0.2) is 8.42 Å². The van der Waals surface area contributed by atoms with Crippen LogP contribution in [0.4, 0.5) is 5.69 Å². The lowest BCUT2D eigenvalue weighted by Gasteiger charge is -2.30. The molecule has 1 fully saturated rings. The molecule has 3 rings (SSSR count). The normalized spacial score (nSPS) is 14.6. The average Bonchev–Trinajstić information content (AvgIpc) is 2.78. The summed E-state index contributed by atoms with van der Waals surface area (Å²) in [4.78, 5) is 25.4. The maximum Gasteiger partial charge on any atom is 0.261 e. The molecule has 2 amide bonds. The molecule has 0 atom stereocenters. The zero-order chi connectivity index (χ0) is 23.3. The van der Waals surface area contributed by atoms with Crippen LogP contribution in [0.3, 0.4) is 0 Å². The number of hydrogen-bond donors (Lipinski definition) is 2. The Morgan fingerprint density at radius 1 is 1.12 bits per heavy atom. The molecule has 1 heterocycles. The van der Waals surface area contributed by atoms with E-state index in [-0.39, 0.29) is 29.2 Å². The molecule has 9 nitrogen and oxygen atoms in total. The summed E-state index contributed by atoms with van der Waals surface area (Å²) < 4.78 is 38.6. The molecule has 2 aromatic carbocycles. The van der Waals surface area contributed by atoms with E-state index in [0.717, 1.165) is 0 Å². The summed E-state index contributed by atoms with van der Waals surface area (Å²) in [7, 11) is -2.26. The molecule has 0 bridgehead atoms. The van der Waals surface area contributed by atoms with Crippen molar-refractivity contribution in [2.75, 3.05) is 31.5 Å². The van der Waals surface area contributed by atoms with Gasteiger partial charge in [-0.05, 0) is 67.8 Å². The van der Waals surface area contributed by atoms with Gasteiger partial charge in [0.15, 0.2) is 6.61 Å². The fourth-order valence-corrected chi connectivity index (χ4v) is 4.61. The molecule has 0 unspecified atom stereocenters. The number of methoxy groups -OCH3 is 1. The van der Waals surface area contributed by atoms with E-state index < -0.39 is 10.0 Å². The van der Waals surface area contributed by atoms with Crippen LogP contribution in [-0.2, 0) is 19.6 Å². The van der Waals surface area contributed by atoms with Crippen LogP contribution in [0.2, 0.25) is 0 Å². The fraction of sp³-hybridized carbons (Fsp3) is 0.364. The number of amides is 2. The summed E-state index contributed by atoms with van der Waals surface area (Å²) in [6, 6.07) is 11.0. The summed E-state index contributed by atoms with van der Waals surface area (Å²) in [5.41, 5.74) is 6.32. The van der Waals surface area contributed by atoms with Crippen LogP contribution in [0, 0.1) is 12.8 Å². The Hall–Kier alpha value is -3.27. The first-order valence-corrected chi connectivity index (χ1v) is 11.7. The van der Waals surface area contributed by atoms with Gasteiger partial charge in [-0.1, -0.05) is 0 Å². The number of anilines is 1. The number of rotatable bonds is 8. The van der Waals surface area contributed by atoms with Crippen LogP contribution in [0.15, 0.2) is 47.4 Å². The van der Waals surface area contributed by atoms with E-state index in [1.807, 2.05) is 0 Å². The quantitative estimate of drug-likeness (QED) is 0.618. The van der Waals surface area contributed by atoms with Crippen LogP contribution in [0.5, 0.6) is 11.5 Å². The number of primary amides is 1. The second kappa shape index (κ2) is 9.90. The van der Waals surface area contributed by atoms with Crippen LogP contribution >= 0.6 is 0 Å². The largest absolute Gasteiger partial charge is 0.497 e. The van der Waals surface area contributed by atoms with Crippen molar-refractivity contribution in [2.45, 2.75) is 24.7 Å². The van der Waals surface area contributed by atoms with Gasteiger partial charge in [-0.2, -0.15) is 0 Å². The second-order valence-electron chi connectivity index (χ2n) is 7.61. The minimum Gasteiger partial charge on any atom is -0.497 e. The Morgan fingerprint density at radius 2 is 1.78 bits per heavy atom. The molecule has 1 saturated heterocycles. The molecule has 0 aliphatic carbocycles. The number of nitrogens with zero attached hydrogens (tertiary/aromatic N) is 1. The SMILES string of the molecule is COc1ccc(NS(=O)(=O)c2ccc(OCC(=O)N3CCC(C(N)=O)CC3)c(C)c2)cc1. The minimum absolute atomic E-state index is 0.0815. The van der Waals surface area contributed by atoms with Crippen LogP contribution in [0.1, 0.15) is 18.4 Å². The Kier molecular flexibility index (Phi) is 7.24. The molecule has 0 radical (unpaired) electrons. The highest BCUT2D eigenvalue weighted by Gasteiger charge is 2.26. The van der Waals surface area contributed by atoms with Gasteiger partial charge in [0.25, 0.3) is 15.9 Å². The smallest absolute Gasteiger partial charge is 0.261 e. The number of nitrogens with one attached hydrogen (secondary N) is 1. The molecule has 0 aromatic heterocycles. The number of ether oxygens (including phenoxy) is 2. The van der Waals surface area contributed by atoms with Gasteiger partial charge in [0.2, 0.25) is 5.91 Å². The molecule has 1 aliphatic heterocycles. The minimum atomic E-state index is -3.79. The third kappa shape index (κ3) is 5.70. The predicted octanol–water partition coefficient (Wildman–Crippen LogP) is 1.91. The van der Waals surface area contributed by atoms with E-state index in [0.29, 0.717) is 48.7 Å². The molecule has 0 spiro atoms.